The molecule has 0 radical (unpaired) electrons. The van der Waals surface area contributed by atoms with Gasteiger partial charge in [-0.1, -0.05) is 50.6 Å². The highest BCUT2D eigenvalue weighted by Crippen LogP contribution is 2.54. The van der Waals surface area contributed by atoms with Crippen molar-refractivity contribution in [2.24, 2.45) is 0 Å². The van der Waals surface area contributed by atoms with Crippen LogP contribution in [-0.4, -0.2) is 36.2 Å². The lowest BCUT2D eigenvalue weighted by atomic mass is 9.82. The molecule has 36 heavy (non-hydrogen) atoms. The quantitative estimate of drug-likeness (QED) is 0.258. The van der Waals surface area contributed by atoms with Gasteiger partial charge in [0.25, 0.3) is 0 Å². The fraction of sp³-hybridized carbons (Fsp3) is 0.455. The van der Waals surface area contributed by atoms with E-state index in [-0.39, 0.29) is 21.2 Å². The largest absolute Gasteiger partial charge is 0.743 e. The molecule has 0 aliphatic heterocycles. The van der Waals surface area contributed by atoms with Crippen molar-refractivity contribution in [3.05, 3.63) is 66.8 Å². The zero-order valence-corrected chi connectivity index (χ0v) is 22.2. The summed E-state index contributed by atoms with van der Waals surface area (Å²) in [4.78, 5) is 0. The molecule has 0 atom stereocenters. The van der Waals surface area contributed by atoms with Crippen LogP contribution in [0.4, 0.5) is 39.5 Å². The molecule has 14 heteroatoms. The third kappa shape index (κ3) is 7.05. The fourth-order valence-electron chi connectivity index (χ4n) is 2.41. The first-order chi connectivity index (χ1) is 16.0. The van der Waals surface area contributed by atoms with Gasteiger partial charge in [0.1, 0.15) is 0 Å². The molecule has 0 bridgehead atoms. The number of rotatable bonds is 7. The molecule has 0 aliphatic rings. The van der Waals surface area contributed by atoms with Crippen LogP contribution in [0.5, 0.6) is 0 Å². The van der Waals surface area contributed by atoms with Crippen LogP contribution < -0.4 is 21.2 Å². The van der Waals surface area contributed by atoms with Crippen molar-refractivity contribution < 1.29 is 73.7 Å². The standard InChI is InChI=1S/C18H22I.C4HF9O3S/c1-5-18(3,4)15-8-12-17(13-9-15)19-16-10-6-14(2)7-11-16;5-1(6,3(9,10)11)2(7,8)4(12,13)17(14,15)16/h6-13H,5H2,1-4H3;(H,14,15,16)/q+1;/p-1. The lowest BCUT2D eigenvalue weighted by molar-refractivity contribution is -0.597. The van der Waals surface area contributed by atoms with Crippen LogP contribution in [-0.2, 0) is 15.5 Å². The van der Waals surface area contributed by atoms with Gasteiger partial charge in [-0.3, -0.25) is 0 Å². The van der Waals surface area contributed by atoms with Crippen molar-refractivity contribution in [1.82, 2.24) is 0 Å². The van der Waals surface area contributed by atoms with Crippen LogP contribution >= 0.6 is 0 Å². The number of hydrogen-bond donors (Lipinski definition) is 0. The van der Waals surface area contributed by atoms with Gasteiger partial charge in [0.05, 0.1) is 0 Å². The molecular weight excluding hydrogens is 642 g/mol. The van der Waals surface area contributed by atoms with E-state index in [4.69, 9.17) is 0 Å². The van der Waals surface area contributed by atoms with Gasteiger partial charge >= 0.3 is 44.5 Å². The van der Waals surface area contributed by atoms with E-state index in [1.54, 1.807) is 0 Å². The number of aryl methyl sites for hydroxylation is 1. The summed E-state index contributed by atoms with van der Waals surface area (Å²) in [5.74, 6) is -14.8. The Morgan fingerprint density at radius 3 is 1.47 bits per heavy atom. The maximum absolute atomic E-state index is 12.2. The first kappa shape index (κ1) is 32.5. The molecule has 3 nitrogen and oxygen atoms in total. The summed E-state index contributed by atoms with van der Waals surface area (Å²) in [5.41, 5.74) is 3.08. The molecule has 2 aromatic carbocycles. The summed E-state index contributed by atoms with van der Waals surface area (Å²) in [5, 5.41) is -7.11. The Kier molecular flexibility index (Phi) is 9.97. The summed E-state index contributed by atoms with van der Waals surface area (Å²) in [6.45, 7) is 9.03. The van der Waals surface area contributed by atoms with Gasteiger partial charge in [-0.05, 0) is 48.6 Å². The van der Waals surface area contributed by atoms with E-state index < -0.39 is 33.4 Å². The van der Waals surface area contributed by atoms with E-state index in [2.05, 4.69) is 76.2 Å². The molecule has 0 aromatic heterocycles. The molecular formula is C22H22F9IO3S. The van der Waals surface area contributed by atoms with E-state index in [1.807, 2.05) is 0 Å². The highest BCUT2D eigenvalue weighted by atomic mass is 127. The van der Waals surface area contributed by atoms with Gasteiger partial charge in [0.2, 0.25) is 0 Å². The van der Waals surface area contributed by atoms with Crippen LogP contribution in [0, 0.1) is 14.1 Å². The zero-order chi connectivity index (χ0) is 28.4. The van der Waals surface area contributed by atoms with Crippen molar-refractivity contribution in [3.63, 3.8) is 0 Å². The minimum atomic E-state index is -7.43. The molecule has 0 saturated carbocycles. The number of benzene rings is 2. The molecule has 0 spiro atoms. The summed E-state index contributed by atoms with van der Waals surface area (Å²) in [6.07, 6.45) is -5.98. The monoisotopic (exact) mass is 664 g/mol. The number of halogens is 10. The van der Waals surface area contributed by atoms with Gasteiger partial charge in [0, 0.05) is 0 Å². The lowest BCUT2D eigenvalue weighted by Gasteiger charge is -2.34. The first-order valence-corrected chi connectivity index (χ1v) is 13.6. The minimum Gasteiger partial charge on any atom is -0.743 e. The van der Waals surface area contributed by atoms with Crippen LogP contribution in [0.1, 0.15) is 38.3 Å². The normalized spacial score (nSPS) is 13.7. The van der Waals surface area contributed by atoms with Crippen molar-refractivity contribution in [2.75, 3.05) is 0 Å². The summed E-state index contributed by atoms with van der Waals surface area (Å²) >= 11 is -0.0381. The Bertz CT molecular complexity index is 1110. The molecule has 0 N–H and O–H groups in total. The molecule has 2 rings (SSSR count). The zero-order valence-electron chi connectivity index (χ0n) is 19.2. The second-order valence-corrected chi connectivity index (χ2v) is 12.7. The molecule has 0 heterocycles. The Morgan fingerprint density at radius 2 is 1.14 bits per heavy atom. The van der Waals surface area contributed by atoms with Crippen LogP contribution in [0.3, 0.4) is 0 Å². The molecule has 2 aromatic rings. The van der Waals surface area contributed by atoms with E-state index >= 15 is 0 Å². The molecule has 0 saturated heterocycles. The second kappa shape index (κ2) is 11.1. The van der Waals surface area contributed by atoms with Crippen LogP contribution in [0.15, 0.2) is 48.5 Å². The fourth-order valence-corrected chi connectivity index (χ4v) is 5.01. The Balaban J connectivity index is 0.000000363. The summed E-state index contributed by atoms with van der Waals surface area (Å²) in [6, 6.07) is 18.2. The van der Waals surface area contributed by atoms with Gasteiger partial charge in [0.15, 0.2) is 17.3 Å². The first-order valence-electron chi connectivity index (χ1n) is 9.99. The maximum atomic E-state index is 12.2. The Morgan fingerprint density at radius 1 is 0.750 bits per heavy atom. The Hall–Kier alpha value is -1.55. The van der Waals surface area contributed by atoms with Crippen molar-refractivity contribution in [1.29, 1.82) is 0 Å². The van der Waals surface area contributed by atoms with Gasteiger partial charge in [-0.2, -0.15) is 39.5 Å². The third-order valence-corrected chi connectivity index (χ3v) is 8.74. The summed E-state index contributed by atoms with van der Waals surface area (Å²) < 4.78 is 138. The van der Waals surface area contributed by atoms with Crippen LogP contribution in [0.25, 0.3) is 0 Å². The molecule has 0 aliphatic carbocycles. The average Bonchev–Trinajstić information content (AvgIpc) is 2.74. The maximum Gasteiger partial charge on any atom is 0.460 e. The predicted octanol–water partition coefficient (Wildman–Crippen LogP) is 3.77. The smallest absolute Gasteiger partial charge is 0.460 e. The highest BCUT2D eigenvalue weighted by molar-refractivity contribution is 7.86. The third-order valence-electron chi connectivity index (χ3n) is 5.17. The number of hydrogen-bond acceptors (Lipinski definition) is 3. The van der Waals surface area contributed by atoms with E-state index in [9.17, 15) is 52.5 Å². The van der Waals surface area contributed by atoms with Gasteiger partial charge < -0.3 is 4.55 Å². The predicted molar refractivity (Wildman–Crippen MR) is 109 cm³/mol. The van der Waals surface area contributed by atoms with E-state index in [1.165, 1.54) is 24.7 Å². The minimum absolute atomic E-state index is 0.0381. The average molecular weight is 664 g/mol. The molecule has 0 fully saturated rings. The number of alkyl halides is 9. The second-order valence-electron chi connectivity index (χ2n) is 8.25. The van der Waals surface area contributed by atoms with Gasteiger partial charge in [-0.25, -0.2) is 8.42 Å². The highest BCUT2D eigenvalue weighted by Gasteiger charge is 2.83. The Labute approximate surface area is 213 Å². The molecule has 204 valence electrons. The summed E-state index contributed by atoms with van der Waals surface area (Å²) in [7, 11) is -7.42. The molecule has 0 unspecified atom stereocenters. The van der Waals surface area contributed by atoms with Crippen LogP contribution in [0.2, 0.25) is 0 Å². The van der Waals surface area contributed by atoms with Crippen molar-refractivity contribution in [3.8, 4) is 0 Å². The SMILES string of the molecule is CCC(C)(C)c1ccc([I+]c2ccc(C)cc2)cc1.O=S(=O)([O-])C(F)(F)C(F)(F)C(F)(F)C(F)(F)F. The van der Waals surface area contributed by atoms with Gasteiger partial charge in [-0.15, -0.1) is 0 Å². The van der Waals surface area contributed by atoms with Crippen molar-refractivity contribution >= 4 is 10.1 Å². The lowest BCUT2D eigenvalue weighted by Crippen LogP contribution is -3.61. The molecule has 0 amide bonds. The van der Waals surface area contributed by atoms with E-state index in [0.29, 0.717) is 5.41 Å². The van der Waals surface area contributed by atoms with Crippen molar-refractivity contribution in [2.45, 2.75) is 62.8 Å². The van der Waals surface area contributed by atoms with E-state index in [0.717, 1.165) is 0 Å². The topological polar surface area (TPSA) is 57.2 Å².